The number of carbonyl (C=O) groups is 1. The molecule has 1 aromatic carbocycles. The number of nitrogens with zero attached hydrogens (tertiary/aromatic N) is 1. The van der Waals surface area contributed by atoms with E-state index in [4.69, 9.17) is 9.84 Å². The number of halogens is 2. The van der Waals surface area contributed by atoms with Crippen molar-refractivity contribution in [2.45, 2.75) is 6.42 Å². The Kier molecular flexibility index (Phi) is 5.55. The lowest BCUT2D eigenvalue weighted by Gasteiger charge is -2.12. The molecule has 4 nitrogen and oxygen atoms in total. The van der Waals surface area contributed by atoms with Crippen molar-refractivity contribution in [3.63, 3.8) is 0 Å². The summed E-state index contributed by atoms with van der Waals surface area (Å²) in [7, 11) is 3.89. The van der Waals surface area contributed by atoms with Crippen LogP contribution in [0, 0.1) is 5.82 Å². The minimum absolute atomic E-state index is 0.0608. The second kappa shape index (κ2) is 6.70. The third kappa shape index (κ3) is 3.96. The average molecular weight is 320 g/mol. The third-order valence-electron chi connectivity index (χ3n) is 2.28. The predicted molar refractivity (Wildman–Crippen MR) is 69.7 cm³/mol. The number of carboxylic acids is 1. The van der Waals surface area contributed by atoms with Crippen LogP contribution in [-0.4, -0.2) is 43.2 Å². The van der Waals surface area contributed by atoms with Crippen LogP contribution < -0.4 is 4.74 Å². The van der Waals surface area contributed by atoms with Crippen LogP contribution in [0.25, 0.3) is 0 Å². The summed E-state index contributed by atoms with van der Waals surface area (Å²) in [6.07, 6.45) is 0.769. The largest absolute Gasteiger partial charge is 0.490 e. The zero-order valence-electron chi connectivity index (χ0n) is 10.2. The number of hydrogen-bond donors (Lipinski definition) is 1. The van der Waals surface area contributed by atoms with Gasteiger partial charge in [-0.1, -0.05) is 0 Å². The molecule has 6 heteroatoms. The molecular formula is C12H15BrFNO3. The highest BCUT2D eigenvalue weighted by Gasteiger charge is 2.16. The Hall–Kier alpha value is -1.14. The highest BCUT2D eigenvalue weighted by atomic mass is 79.9. The van der Waals surface area contributed by atoms with Crippen LogP contribution in [0.1, 0.15) is 16.8 Å². The SMILES string of the molecule is CN(C)CCCOc1ccc(C(=O)O)c(Br)c1F. The number of carboxylic acid groups (broad SMARTS) is 1. The average Bonchev–Trinajstić information content (AvgIpc) is 2.29. The molecule has 0 heterocycles. The fraction of sp³-hybridized carbons (Fsp3) is 0.417. The number of hydrogen-bond acceptors (Lipinski definition) is 3. The van der Waals surface area contributed by atoms with Crippen molar-refractivity contribution < 1.29 is 19.0 Å². The molecule has 0 saturated carbocycles. The smallest absolute Gasteiger partial charge is 0.336 e. The second-order valence-corrected chi connectivity index (χ2v) is 4.84. The van der Waals surface area contributed by atoms with Crippen molar-refractivity contribution in [2.75, 3.05) is 27.2 Å². The van der Waals surface area contributed by atoms with Crippen LogP contribution >= 0.6 is 15.9 Å². The maximum absolute atomic E-state index is 13.8. The molecule has 0 aliphatic heterocycles. The first-order valence-electron chi connectivity index (χ1n) is 5.42. The molecule has 0 aliphatic carbocycles. The number of ether oxygens (including phenoxy) is 1. The quantitative estimate of drug-likeness (QED) is 0.819. The first-order chi connectivity index (χ1) is 8.43. The molecule has 1 aromatic rings. The van der Waals surface area contributed by atoms with Gasteiger partial charge in [0.25, 0.3) is 0 Å². The van der Waals surface area contributed by atoms with Gasteiger partial charge in [0, 0.05) is 6.54 Å². The van der Waals surface area contributed by atoms with E-state index in [1.165, 1.54) is 12.1 Å². The van der Waals surface area contributed by atoms with Crippen LogP contribution in [-0.2, 0) is 0 Å². The molecule has 0 saturated heterocycles. The summed E-state index contributed by atoms with van der Waals surface area (Å²) < 4.78 is 19.0. The van der Waals surface area contributed by atoms with E-state index < -0.39 is 11.8 Å². The predicted octanol–water partition coefficient (Wildman–Crippen LogP) is 2.62. The fourth-order valence-corrected chi connectivity index (χ4v) is 1.87. The summed E-state index contributed by atoms with van der Waals surface area (Å²) in [4.78, 5) is 12.8. The van der Waals surface area contributed by atoms with E-state index in [9.17, 15) is 9.18 Å². The zero-order chi connectivity index (χ0) is 13.7. The molecule has 0 aliphatic rings. The van der Waals surface area contributed by atoms with Crippen molar-refractivity contribution in [3.05, 3.63) is 28.0 Å². The van der Waals surface area contributed by atoms with Crippen molar-refractivity contribution >= 4 is 21.9 Å². The van der Waals surface area contributed by atoms with Gasteiger partial charge in [-0.05, 0) is 48.6 Å². The summed E-state index contributed by atoms with van der Waals surface area (Å²) in [5, 5.41) is 8.81. The first-order valence-corrected chi connectivity index (χ1v) is 6.21. The summed E-state index contributed by atoms with van der Waals surface area (Å²) >= 11 is 2.92. The first kappa shape index (κ1) is 14.9. The molecule has 18 heavy (non-hydrogen) atoms. The van der Waals surface area contributed by atoms with Crippen LogP contribution in [0.3, 0.4) is 0 Å². The lowest BCUT2D eigenvalue weighted by atomic mass is 10.2. The molecular weight excluding hydrogens is 305 g/mol. The minimum Gasteiger partial charge on any atom is -0.490 e. The van der Waals surface area contributed by atoms with Gasteiger partial charge in [0.15, 0.2) is 11.6 Å². The Morgan fingerprint density at radius 3 is 2.72 bits per heavy atom. The van der Waals surface area contributed by atoms with Crippen LogP contribution in [0.15, 0.2) is 16.6 Å². The van der Waals surface area contributed by atoms with Gasteiger partial charge in [-0.2, -0.15) is 0 Å². The van der Waals surface area contributed by atoms with E-state index in [1.54, 1.807) is 0 Å². The highest BCUT2D eigenvalue weighted by molar-refractivity contribution is 9.10. The Balaban J connectivity index is 2.68. The summed E-state index contributed by atoms with van der Waals surface area (Å²) in [6, 6.07) is 2.65. The summed E-state index contributed by atoms with van der Waals surface area (Å²) in [5.74, 6) is -1.80. The molecule has 0 amide bonds. The van der Waals surface area contributed by atoms with Crippen LogP contribution in [0.5, 0.6) is 5.75 Å². The fourth-order valence-electron chi connectivity index (χ4n) is 1.37. The maximum atomic E-state index is 13.8. The van der Waals surface area contributed by atoms with E-state index in [2.05, 4.69) is 15.9 Å². The monoisotopic (exact) mass is 319 g/mol. The molecule has 1 rings (SSSR count). The van der Waals surface area contributed by atoms with Gasteiger partial charge >= 0.3 is 5.97 Å². The van der Waals surface area contributed by atoms with Gasteiger partial charge in [-0.25, -0.2) is 9.18 Å². The zero-order valence-corrected chi connectivity index (χ0v) is 11.8. The Bertz CT molecular complexity index is 438. The molecule has 0 aromatic heterocycles. The lowest BCUT2D eigenvalue weighted by molar-refractivity contribution is 0.0695. The molecule has 0 spiro atoms. The standard InChI is InChI=1S/C12H15BrFNO3/c1-15(2)6-3-7-18-9-5-4-8(12(16)17)10(13)11(9)14/h4-5H,3,6-7H2,1-2H3,(H,16,17). The lowest BCUT2D eigenvalue weighted by Crippen LogP contribution is -2.15. The van der Waals surface area contributed by atoms with Crippen molar-refractivity contribution in [2.24, 2.45) is 0 Å². The van der Waals surface area contributed by atoms with Crippen molar-refractivity contribution in [1.29, 1.82) is 0 Å². The topological polar surface area (TPSA) is 49.8 Å². The minimum atomic E-state index is -1.18. The Labute approximate surface area is 113 Å². The summed E-state index contributed by atoms with van der Waals surface area (Å²) in [5.41, 5.74) is -0.117. The van der Waals surface area contributed by atoms with Crippen molar-refractivity contribution in [3.8, 4) is 5.75 Å². The van der Waals surface area contributed by atoms with Gasteiger partial charge < -0.3 is 14.7 Å². The molecule has 0 unspecified atom stereocenters. The van der Waals surface area contributed by atoms with Crippen LogP contribution in [0.2, 0.25) is 0 Å². The van der Waals surface area contributed by atoms with Gasteiger partial charge in [0.05, 0.1) is 16.6 Å². The highest BCUT2D eigenvalue weighted by Crippen LogP contribution is 2.28. The molecule has 0 atom stereocenters. The molecule has 1 N–H and O–H groups in total. The second-order valence-electron chi connectivity index (χ2n) is 4.05. The maximum Gasteiger partial charge on any atom is 0.336 e. The molecule has 100 valence electrons. The number of aromatic carboxylic acids is 1. The molecule has 0 radical (unpaired) electrons. The van der Waals surface area contributed by atoms with E-state index in [1.807, 2.05) is 19.0 Å². The normalized spacial score (nSPS) is 10.7. The van der Waals surface area contributed by atoms with E-state index in [0.29, 0.717) is 6.61 Å². The van der Waals surface area contributed by atoms with Gasteiger partial charge in [0.1, 0.15) is 0 Å². The van der Waals surface area contributed by atoms with E-state index >= 15 is 0 Å². The molecule has 0 bridgehead atoms. The van der Waals surface area contributed by atoms with Gasteiger partial charge in [-0.3, -0.25) is 0 Å². The van der Waals surface area contributed by atoms with E-state index in [0.717, 1.165) is 13.0 Å². The van der Waals surface area contributed by atoms with Crippen molar-refractivity contribution in [1.82, 2.24) is 4.90 Å². The Morgan fingerprint density at radius 2 is 2.17 bits per heavy atom. The summed E-state index contributed by atoms with van der Waals surface area (Å²) in [6.45, 7) is 1.23. The van der Waals surface area contributed by atoms with Gasteiger partial charge in [-0.15, -0.1) is 0 Å². The Morgan fingerprint density at radius 1 is 1.50 bits per heavy atom. The van der Waals surface area contributed by atoms with Gasteiger partial charge in [0.2, 0.25) is 0 Å². The number of benzene rings is 1. The molecule has 0 fully saturated rings. The number of rotatable bonds is 6. The third-order valence-corrected chi connectivity index (χ3v) is 3.06. The van der Waals surface area contributed by atoms with E-state index in [-0.39, 0.29) is 15.8 Å². The van der Waals surface area contributed by atoms with Crippen LogP contribution in [0.4, 0.5) is 4.39 Å².